The van der Waals surface area contributed by atoms with Crippen LogP contribution in [0.5, 0.6) is 0 Å². The van der Waals surface area contributed by atoms with Gasteiger partial charge in [-0.25, -0.2) is 20.0 Å². The summed E-state index contributed by atoms with van der Waals surface area (Å²) in [5.41, 5.74) is 5.33. The predicted molar refractivity (Wildman–Crippen MR) is 147 cm³/mol. The van der Waals surface area contributed by atoms with Crippen LogP contribution in [0.1, 0.15) is 11.1 Å². The Hall–Kier alpha value is -3.81. The molecule has 0 spiro atoms. The van der Waals surface area contributed by atoms with Crippen LogP contribution < -0.4 is 4.90 Å². The first-order valence-corrected chi connectivity index (χ1v) is 12.7. The van der Waals surface area contributed by atoms with Crippen molar-refractivity contribution in [1.82, 2.24) is 0 Å². The zero-order chi connectivity index (χ0) is 23.4. The highest BCUT2D eigenvalue weighted by Crippen LogP contribution is 2.51. The van der Waals surface area contributed by atoms with Crippen molar-refractivity contribution in [3.05, 3.63) is 113 Å². The quantitative estimate of drug-likeness (QED) is 0.242. The molecule has 0 aliphatic carbocycles. The molecule has 3 aliphatic rings. The predicted octanol–water partition coefficient (Wildman–Crippen LogP) is 7.40. The van der Waals surface area contributed by atoms with Gasteiger partial charge in [0.25, 0.3) is 0 Å². The van der Waals surface area contributed by atoms with Crippen LogP contribution in [0.3, 0.4) is 0 Å². The van der Waals surface area contributed by atoms with E-state index in [0.717, 1.165) is 21.3 Å². The van der Waals surface area contributed by atoms with Gasteiger partial charge >= 0.3 is 0 Å². The summed E-state index contributed by atoms with van der Waals surface area (Å²) in [5.74, 6) is 2.42. The molecule has 3 heterocycles. The first kappa shape index (κ1) is 20.6. The number of halogens is 1. The molecule has 0 N–H and O–H groups in total. The number of hydrogen-bond acceptors (Lipinski definition) is 6. The van der Waals surface area contributed by atoms with Crippen LogP contribution in [0.4, 0.5) is 17.1 Å². The number of aliphatic imine (C=N–C) groups is 4. The summed E-state index contributed by atoms with van der Waals surface area (Å²) in [6, 6.07) is 33.3. The number of anilines is 3. The summed E-state index contributed by atoms with van der Waals surface area (Å²) in [7, 11) is 0. The van der Waals surface area contributed by atoms with Gasteiger partial charge in [-0.3, -0.25) is 0 Å². The van der Waals surface area contributed by atoms with E-state index >= 15 is 0 Å². The molecule has 0 atom stereocenters. The SMILES string of the molecule is Brc1ccc(C2=NC3=NC(c4ccc(N5c6ccccc6Sc6ccccc65)cc4)=NC3=N2)cc1. The molecule has 35 heavy (non-hydrogen) atoms. The molecule has 7 rings (SSSR count). The molecule has 0 amide bonds. The van der Waals surface area contributed by atoms with Gasteiger partial charge in [0.2, 0.25) is 11.7 Å². The van der Waals surface area contributed by atoms with Crippen molar-refractivity contribution in [1.29, 1.82) is 0 Å². The summed E-state index contributed by atoms with van der Waals surface area (Å²) < 4.78 is 1.02. The average Bonchev–Trinajstić information content (AvgIpc) is 3.48. The van der Waals surface area contributed by atoms with Gasteiger partial charge in [0.05, 0.1) is 11.4 Å². The van der Waals surface area contributed by atoms with Crippen LogP contribution in [0, 0.1) is 0 Å². The summed E-state index contributed by atoms with van der Waals surface area (Å²) in [4.78, 5) is 23.3. The molecule has 7 heteroatoms. The van der Waals surface area contributed by atoms with Crippen molar-refractivity contribution in [3.8, 4) is 0 Å². The Morgan fingerprint density at radius 3 is 1.51 bits per heavy atom. The summed E-state index contributed by atoms with van der Waals surface area (Å²) in [6.45, 7) is 0. The molecule has 0 radical (unpaired) electrons. The van der Waals surface area contributed by atoms with E-state index < -0.39 is 0 Å². The van der Waals surface area contributed by atoms with Crippen LogP contribution in [0.15, 0.2) is 131 Å². The van der Waals surface area contributed by atoms with Crippen molar-refractivity contribution in [3.63, 3.8) is 0 Å². The largest absolute Gasteiger partial charge is 0.308 e. The van der Waals surface area contributed by atoms with E-state index in [1.807, 2.05) is 24.3 Å². The first-order valence-electron chi connectivity index (χ1n) is 11.1. The number of fused-ring (bicyclic) bond motifs is 3. The molecule has 4 aromatic rings. The third kappa shape index (κ3) is 3.55. The maximum Gasteiger partial charge on any atom is 0.202 e. The van der Waals surface area contributed by atoms with Crippen molar-refractivity contribution in [2.45, 2.75) is 9.79 Å². The average molecular weight is 534 g/mol. The fourth-order valence-corrected chi connectivity index (χ4v) is 5.62. The lowest BCUT2D eigenvalue weighted by Gasteiger charge is -2.32. The Balaban J connectivity index is 1.19. The van der Waals surface area contributed by atoms with Crippen molar-refractivity contribution >= 4 is 68.1 Å². The summed E-state index contributed by atoms with van der Waals surface area (Å²) >= 11 is 5.26. The van der Waals surface area contributed by atoms with Crippen LogP contribution in [-0.2, 0) is 0 Å². The zero-order valence-electron chi connectivity index (χ0n) is 18.3. The standard InChI is InChI=1S/C28H16BrN5S/c29-19-13-9-17(10-14-19)25-30-27-28(31-25)33-26(32-27)18-11-15-20(16-12-18)34-21-5-1-3-7-23(21)35-24-8-4-2-6-22(24)34/h1-16H. The van der Waals surface area contributed by atoms with E-state index in [-0.39, 0.29) is 0 Å². The molecule has 0 saturated heterocycles. The number of rotatable bonds is 3. The minimum Gasteiger partial charge on any atom is -0.308 e. The Morgan fingerprint density at radius 1 is 0.514 bits per heavy atom. The van der Waals surface area contributed by atoms with Crippen molar-refractivity contribution < 1.29 is 0 Å². The highest BCUT2D eigenvalue weighted by atomic mass is 79.9. The third-order valence-corrected chi connectivity index (χ3v) is 7.62. The molecule has 0 unspecified atom stereocenters. The number of nitrogens with zero attached hydrogens (tertiary/aromatic N) is 5. The summed E-state index contributed by atoms with van der Waals surface area (Å²) in [5, 5.41) is 0. The van der Waals surface area contributed by atoms with E-state index in [9.17, 15) is 0 Å². The van der Waals surface area contributed by atoms with E-state index in [1.54, 1.807) is 11.8 Å². The molecule has 0 bridgehead atoms. The molecule has 4 aromatic carbocycles. The van der Waals surface area contributed by atoms with E-state index in [2.05, 4.69) is 114 Å². The summed E-state index contributed by atoms with van der Waals surface area (Å²) in [6.07, 6.45) is 0. The van der Waals surface area contributed by atoms with Crippen LogP contribution >= 0.6 is 27.7 Å². The lowest BCUT2D eigenvalue weighted by atomic mass is 10.1. The Labute approximate surface area is 214 Å². The van der Waals surface area contributed by atoms with E-state index in [4.69, 9.17) is 0 Å². The van der Waals surface area contributed by atoms with Gasteiger partial charge < -0.3 is 4.90 Å². The van der Waals surface area contributed by atoms with Crippen LogP contribution in [0.25, 0.3) is 0 Å². The van der Waals surface area contributed by atoms with E-state index in [0.29, 0.717) is 23.3 Å². The maximum absolute atomic E-state index is 4.65. The molecule has 0 aromatic heterocycles. The second kappa shape index (κ2) is 8.15. The molecule has 0 saturated carbocycles. The minimum absolute atomic E-state index is 0.568. The van der Waals surface area contributed by atoms with Crippen LogP contribution in [0.2, 0.25) is 0 Å². The van der Waals surface area contributed by atoms with E-state index in [1.165, 1.54) is 21.2 Å². The highest BCUT2D eigenvalue weighted by molar-refractivity contribution is 9.10. The second-order valence-electron chi connectivity index (χ2n) is 8.17. The second-order valence-corrected chi connectivity index (χ2v) is 10.2. The molecule has 166 valence electrons. The third-order valence-electron chi connectivity index (χ3n) is 5.97. The number of hydrogen-bond donors (Lipinski definition) is 0. The number of amidine groups is 4. The van der Waals surface area contributed by atoms with Gasteiger partial charge in [0.15, 0.2) is 11.7 Å². The Kier molecular flexibility index (Phi) is 4.78. The van der Waals surface area contributed by atoms with Gasteiger partial charge in [0.1, 0.15) is 0 Å². The Morgan fingerprint density at radius 2 is 0.971 bits per heavy atom. The van der Waals surface area contributed by atoms with Gasteiger partial charge in [-0.2, -0.15) is 0 Å². The van der Waals surface area contributed by atoms with Gasteiger partial charge in [0, 0.05) is 31.1 Å². The molecular formula is C28H16BrN5S. The Bertz CT molecular complexity index is 1570. The van der Waals surface area contributed by atoms with Gasteiger partial charge in [-0.05, 0) is 60.7 Å². The normalized spacial score (nSPS) is 15.5. The maximum atomic E-state index is 4.65. The topological polar surface area (TPSA) is 52.7 Å². The first-order chi connectivity index (χ1) is 17.2. The molecule has 5 nitrogen and oxygen atoms in total. The lowest BCUT2D eigenvalue weighted by molar-refractivity contribution is 1.17. The number of para-hydroxylation sites is 2. The molecular weight excluding hydrogens is 518 g/mol. The van der Waals surface area contributed by atoms with Crippen LogP contribution in [-0.4, -0.2) is 23.3 Å². The van der Waals surface area contributed by atoms with Gasteiger partial charge in [-0.1, -0.05) is 64.1 Å². The lowest BCUT2D eigenvalue weighted by Crippen LogP contribution is -2.14. The number of benzene rings is 4. The molecule has 3 aliphatic heterocycles. The minimum atomic E-state index is 0.568. The highest BCUT2D eigenvalue weighted by Gasteiger charge is 2.27. The molecule has 0 fully saturated rings. The van der Waals surface area contributed by atoms with Gasteiger partial charge in [-0.15, -0.1) is 0 Å². The zero-order valence-corrected chi connectivity index (χ0v) is 20.7. The monoisotopic (exact) mass is 533 g/mol. The fourth-order valence-electron chi connectivity index (χ4n) is 4.30. The smallest absolute Gasteiger partial charge is 0.202 e. The van der Waals surface area contributed by atoms with Crippen molar-refractivity contribution in [2.75, 3.05) is 4.90 Å². The van der Waals surface area contributed by atoms with Crippen molar-refractivity contribution in [2.24, 2.45) is 20.0 Å². The fraction of sp³-hybridized carbons (Fsp3) is 0.